The van der Waals surface area contributed by atoms with Crippen molar-refractivity contribution < 1.29 is 18.8 Å². The van der Waals surface area contributed by atoms with Crippen LogP contribution < -0.4 is 10.6 Å². The first-order valence-corrected chi connectivity index (χ1v) is 11.6. The molecule has 3 rings (SSSR count). The largest absolute Gasteiger partial charge is 0.342 e. The van der Waals surface area contributed by atoms with Crippen LogP contribution in [0.2, 0.25) is 0 Å². The molecule has 0 aliphatic rings. The Morgan fingerprint density at radius 3 is 2.53 bits per heavy atom. The SMILES string of the molecule is CC[C@H](Sc1nnc([C@H](C)NC(=O)c2ccccc2F)n1C)C(=O)Nc1cccc(C(C)=O)c1. The summed E-state index contributed by atoms with van der Waals surface area (Å²) in [6.45, 7) is 5.08. The second-order valence-electron chi connectivity index (χ2n) is 7.72. The van der Waals surface area contributed by atoms with E-state index in [1.54, 1.807) is 48.9 Å². The second kappa shape index (κ2) is 11.1. The molecular weight excluding hydrogens is 457 g/mol. The summed E-state index contributed by atoms with van der Waals surface area (Å²) in [4.78, 5) is 36.9. The minimum absolute atomic E-state index is 0.0531. The first kappa shape index (κ1) is 25.1. The lowest BCUT2D eigenvalue weighted by Crippen LogP contribution is -2.29. The van der Waals surface area contributed by atoms with Crippen molar-refractivity contribution in [3.8, 4) is 0 Å². The number of anilines is 1. The van der Waals surface area contributed by atoms with E-state index in [9.17, 15) is 18.8 Å². The van der Waals surface area contributed by atoms with Crippen molar-refractivity contribution in [1.82, 2.24) is 20.1 Å². The molecule has 3 aromatic rings. The van der Waals surface area contributed by atoms with Crippen LogP contribution in [0.3, 0.4) is 0 Å². The van der Waals surface area contributed by atoms with Crippen molar-refractivity contribution in [1.29, 1.82) is 0 Å². The molecule has 0 saturated heterocycles. The zero-order valence-electron chi connectivity index (χ0n) is 19.3. The average Bonchev–Trinajstić information content (AvgIpc) is 3.17. The minimum atomic E-state index is -0.605. The van der Waals surface area contributed by atoms with Gasteiger partial charge in [-0.3, -0.25) is 14.4 Å². The summed E-state index contributed by atoms with van der Waals surface area (Å²) >= 11 is 1.25. The van der Waals surface area contributed by atoms with E-state index in [0.29, 0.717) is 28.7 Å². The van der Waals surface area contributed by atoms with Crippen molar-refractivity contribution >= 4 is 35.0 Å². The highest BCUT2D eigenvalue weighted by atomic mass is 32.2. The lowest BCUT2D eigenvalue weighted by molar-refractivity contribution is -0.115. The van der Waals surface area contributed by atoms with Gasteiger partial charge in [0.15, 0.2) is 16.8 Å². The van der Waals surface area contributed by atoms with Gasteiger partial charge in [-0.1, -0.05) is 43.0 Å². The molecule has 0 aliphatic carbocycles. The number of nitrogens with one attached hydrogen (secondary N) is 2. The molecule has 2 N–H and O–H groups in total. The maximum absolute atomic E-state index is 13.9. The number of benzene rings is 2. The Morgan fingerprint density at radius 1 is 1.12 bits per heavy atom. The van der Waals surface area contributed by atoms with Crippen LogP contribution in [0.5, 0.6) is 0 Å². The van der Waals surface area contributed by atoms with E-state index in [4.69, 9.17) is 0 Å². The molecule has 178 valence electrons. The van der Waals surface area contributed by atoms with Gasteiger partial charge in [-0.05, 0) is 44.5 Å². The number of aromatic nitrogens is 3. The number of hydrogen-bond donors (Lipinski definition) is 2. The normalized spacial score (nSPS) is 12.6. The molecule has 0 aliphatic heterocycles. The number of nitrogens with zero attached hydrogens (tertiary/aromatic N) is 3. The van der Waals surface area contributed by atoms with Crippen molar-refractivity contribution in [2.24, 2.45) is 7.05 Å². The fourth-order valence-corrected chi connectivity index (χ4v) is 4.21. The van der Waals surface area contributed by atoms with Crippen LogP contribution in [0.15, 0.2) is 53.7 Å². The minimum Gasteiger partial charge on any atom is -0.342 e. The maximum Gasteiger partial charge on any atom is 0.254 e. The van der Waals surface area contributed by atoms with Crippen LogP contribution in [0.1, 0.15) is 59.8 Å². The van der Waals surface area contributed by atoms with E-state index >= 15 is 0 Å². The van der Waals surface area contributed by atoms with Crippen LogP contribution in [0.25, 0.3) is 0 Å². The second-order valence-corrected chi connectivity index (χ2v) is 8.89. The van der Waals surface area contributed by atoms with Gasteiger partial charge in [0, 0.05) is 18.3 Å². The molecule has 0 bridgehead atoms. The summed E-state index contributed by atoms with van der Waals surface area (Å²) in [7, 11) is 1.74. The summed E-state index contributed by atoms with van der Waals surface area (Å²) in [5.41, 5.74) is 1.01. The molecule has 0 unspecified atom stereocenters. The van der Waals surface area contributed by atoms with Gasteiger partial charge >= 0.3 is 0 Å². The third-order valence-electron chi connectivity index (χ3n) is 5.17. The Balaban J connectivity index is 1.68. The van der Waals surface area contributed by atoms with Gasteiger partial charge in [-0.15, -0.1) is 10.2 Å². The number of carbonyl (C=O) groups excluding carboxylic acids is 3. The van der Waals surface area contributed by atoms with Crippen molar-refractivity contribution in [2.45, 2.75) is 43.6 Å². The summed E-state index contributed by atoms with van der Waals surface area (Å²) in [5, 5.41) is 14.0. The molecule has 0 fully saturated rings. The molecule has 2 aromatic carbocycles. The Labute approximate surface area is 201 Å². The number of hydrogen-bond acceptors (Lipinski definition) is 6. The number of thioether (sulfide) groups is 1. The molecule has 34 heavy (non-hydrogen) atoms. The fraction of sp³-hybridized carbons (Fsp3) is 0.292. The molecule has 2 amide bonds. The summed E-state index contributed by atoms with van der Waals surface area (Å²) < 4.78 is 15.6. The fourth-order valence-electron chi connectivity index (χ4n) is 3.28. The van der Waals surface area contributed by atoms with E-state index in [-0.39, 0.29) is 17.3 Å². The number of ketones is 1. The highest BCUT2D eigenvalue weighted by Crippen LogP contribution is 2.27. The first-order chi connectivity index (χ1) is 16.2. The van der Waals surface area contributed by atoms with Gasteiger partial charge in [0.05, 0.1) is 16.9 Å². The zero-order valence-corrected chi connectivity index (χ0v) is 20.1. The van der Waals surface area contributed by atoms with E-state index < -0.39 is 23.0 Å². The molecule has 10 heteroatoms. The summed E-state index contributed by atoms with van der Waals surface area (Å²) in [6, 6.07) is 12.0. The molecular formula is C24H26FN5O3S. The zero-order chi connectivity index (χ0) is 24.8. The van der Waals surface area contributed by atoms with Gasteiger partial charge in [0.1, 0.15) is 5.82 Å². The van der Waals surface area contributed by atoms with E-state index in [1.165, 1.54) is 36.9 Å². The van der Waals surface area contributed by atoms with Crippen LogP contribution >= 0.6 is 11.8 Å². The molecule has 2 atom stereocenters. The van der Waals surface area contributed by atoms with Crippen molar-refractivity contribution in [3.63, 3.8) is 0 Å². The molecule has 0 saturated carbocycles. The first-order valence-electron chi connectivity index (χ1n) is 10.7. The number of halogens is 1. The molecule has 0 spiro atoms. The van der Waals surface area contributed by atoms with Crippen molar-refractivity contribution in [2.75, 3.05) is 5.32 Å². The molecule has 1 aromatic heterocycles. The number of amides is 2. The number of rotatable bonds is 9. The van der Waals surface area contributed by atoms with Crippen LogP contribution in [-0.2, 0) is 11.8 Å². The van der Waals surface area contributed by atoms with Crippen LogP contribution in [-0.4, -0.2) is 37.6 Å². The standard InChI is InChI=1S/C24H26FN5O3S/c1-5-20(23(33)27-17-10-8-9-16(13-17)15(3)31)34-24-29-28-21(30(24)4)14(2)26-22(32)18-11-6-7-12-19(18)25/h6-14,20H,5H2,1-4H3,(H,26,32)(H,27,33)/t14-,20-/m0/s1. The van der Waals surface area contributed by atoms with E-state index in [0.717, 1.165) is 0 Å². The number of carbonyl (C=O) groups is 3. The molecule has 0 radical (unpaired) electrons. The van der Waals surface area contributed by atoms with Gasteiger partial charge in [0.25, 0.3) is 5.91 Å². The average molecular weight is 484 g/mol. The Morgan fingerprint density at radius 2 is 1.85 bits per heavy atom. The quantitative estimate of drug-likeness (QED) is 0.350. The summed E-state index contributed by atoms with van der Waals surface area (Å²) in [5.74, 6) is -0.996. The third-order valence-corrected chi connectivity index (χ3v) is 6.57. The lowest BCUT2D eigenvalue weighted by Gasteiger charge is -2.16. The van der Waals surface area contributed by atoms with E-state index in [1.807, 2.05) is 6.92 Å². The Kier molecular flexibility index (Phi) is 8.17. The molecule has 1 heterocycles. The van der Waals surface area contributed by atoms with Gasteiger partial charge in [0.2, 0.25) is 5.91 Å². The topological polar surface area (TPSA) is 106 Å². The van der Waals surface area contributed by atoms with E-state index in [2.05, 4.69) is 20.8 Å². The van der Waals surface area contributed by atoms with Gasteiger partial charge in [-0.2, -0.15) is 0 Å². The highest BCUT2D eigenvalue weighted by molar-refractivity contribution is 8.00. The maximum atomic E-state index is 13.9. The van der Waals surface area contributed by atoms with Gasteiger partial charge < -0.3 is 15.2 Å². The Bertz CT molecular complexity index is 1210. The lowest BCUT2D eigenvalue weighted by atomic mass is 10.1. The van der Waals surface area contributed by atoms with Gasteiger partial charge in [-0.25, -0.2) is 4.39 Å². The third kappa shape index (κ3) is 5.88. The van der Waals surface area contributed by atoms with Crippen LogP contribution in [0.4, 0.5) is 10.1 Å². The summed E-state index contributed by atoms with van der Waals surface area (Å²) in [6.07, 6.45) is 0.532. The predicted molar refractivity (Wildman–Crippen MR) is 128 cm³/mol. The van der Waals surface area contributed by atoms with Crippen LogP contribution in [0, 0.1) is 5.82 Å². The Hall–Kier alpha value is -3.53. The smallest absolute Gasteiger partial charge is 0.254 e. The molecule has 8 nitrogen and oxygen atoms in total. The number of Topliss-reactive ketones (excluding diaryl/α,β-unsaturated/α-hetero) is 1. The monoisotopic (exact) mass is 483 g/mol. The highest BCUT2D eigenvalue weighted by Gasteiger charge is 2.24. The van der Waals surface area contributed by atoms with Crippen molar-refractivity contribution in [3.05, 3.63) is 71.3 Å². The predicted octanol–water partition coefficient (Wildman–Crippen LogP) is 4.16.